The number of aryl methyl sites for hydroxylation is 1. The third kappa shape index (κ3) is 4.29. The van der Waals surface area contributed by atoms with Crippen LogP contribution in [0.5, 0.6) is 0 Å². The van der Waals surface area contributed by atoms with Crippen LogP contribution in [0.4, 0.5) is 5.82 Å². The monoisotopic (exact) mass is 329 g/mol. The summed E-state index contributed by atoms with van der Waals surface area (Å²) >= 11 is 0. The van der Waals surface area contributed by atoms with E-state index in [0.717, 1.165) is 44.7 Å². The standard InChI is InChI=1S/C16H23N7O/c17-16-14(3-1-5-18-16)11-21-6-2-7-23(10-9-21)15(24)4-8-22-12-19-20-13-22/h1,3,5,12-13H,2,4,6-11H2,(H2,17,18). The Morgan fingerprint density at radius 2 is 2.00 bits per heavy atom. The lowest BCUT2D eigenvalue weighted by Gasteiger charge is -2.22. The lowest BCUT2D eigenvalue weighted by atomic mass is 10.2. The Labute approximate surface area is 141 Å². The van der Waals surface area contributed by atoms with Gasteiger partial charge in [-0.1, -0.05) is 6.07 Å². The molecule has 0 unspecified atom stereocenters. The third-order valence-corrected chi connectivity index (χ3v) is 4.31. The van der Waals surface area contributed by atoms with Gasteiger partial charge in [0.15, 0.2) is 0 Å². The van der Waals surface area contributed by atoms with Gasteiger partial charge >= 0.3 is 0 Å². The van der Waals surface area contributed by atoms with E-state index in [9.17, 15) is 4.79 Å². The summed E-state index contributed by atoms with van der Waals surface area (Å²) in [5.74, 6) is 0.773. The minimum Gasteiger partial charge on any atom is -0.383 e. The lowest BCUT2D eigenvalue weighted by Crippen LogP contribution is -2.35. The lowest BCUT2D eigenvalue weighted by molar-refractivity contribution is -0.131. The van der Waals surface area contributed by atoms with Crippen LogP contribution in [0.2, 0.25) is 0 Å². The summed E-state index contributed by atoms with van der Waals surface area (Å²) in [6, 6.07) is 3.92. The molecule has 2 N–H and O–H groups in total. The second-order valence-corrected chi connectivity index (χ2v) is 6.01. The van der Waals surface area contributed by atoms with Crippen LogP contribution in [-0.4, -0.2) is 61.6 Å². The van der Waals surface area contributed by atoms with Gasteiger partial charge in [0.2, 0.25) is 5.91 Å². The van der Waals surface area contributed by atoms with Gasteiger partial charge < -0.3 is 15.2 Å². The van der Waals surface area contributed by atoms with Crippen LogP contribution in [0.25, 0.3) is 0 Å². The van der Waals surface area contributed by atoms with E-state index in [4.69, 9.17) is 5.73 Å². The molecule has 2 aromatic rings. The summed E-state index contributed by atoms with van der Waals surface area (Å²) < 4.78 is 1.83. The van der Waals surface area contributed by atoms with Crippen molar-refractivity contribution < 1.29 is 4.79 Å². The molecule has 1 fully saturated rings. The summed E-state index contributed by atoms with van der Waals surface area (Å²) in [7, 11) is 0. The molecule has 0 aromatic carbocycles. The van der Waals surface area contributed by atoms with E-state index in [1.54, 1.807) is 18.9 Å². The molecule has 128 valence electrons. The molecule has 0 aliphatic carbocycles. The molecule has 0 radical (unpaired) electrons. The van der Waals surface area contributed by atoms with Crippen LogP contribution in [0, 0.1) is 0 Å². The van der Waals surface area contributed by atoms with Gasteiger partial charge in [-0.2, -0.15) is 0 Å². The van der Waals surface area contributed by atoms with Crippen molar-refractivity contribution in [1.29, 1.82) is 0 Å². The molecule has 8 nitrogen and oxygen atoms in total. The number of nitrogen functional groups attached to an aromatic ring is 1. The molecule has 8 heteroatoms. The molecule has 0 atom stereocenters. The number of anilines is 1. The first-order valence-electron chi connectivity index (χ1n) is 8.24. The molecule has 1 saturated heterocycles. The fraction of sp³-hybridized carbons (Fsp3) is 0.500. The van der Waals surface area contributed by atoms with Gasteiger partial charge in [0.1, 0.15) is 18.5 Å². The molecule has 2 aromatic heterocycles. The highest BCUT2D eigenvalue weighted by Gasteiger charge is 2.19. The summed E-state index contributed by atoms with van der Waals surface area (Å²) in [6.45, 7) is 4.78. The highest BCUT2D eigenvalue weighted by molar-refractivity contribution is 5.76. The Bertz CT molecular complexity index is 658. The zero-order chi connectivity index (χ0) is 16.8. The molecule has 0 saturated carbocycles. The van der Waals surface area contributed by atoms with E-state index in [1.807, 2.05) is 21.6 Å². The highest BCUT2D eigenvalue weighted by atomic mass is 16.2. The third-order valence-electron chi connectivity index (χ3n) is 4.31. The summed E-state index contributed by atoms with van der Waals surface area (Å²) in [4.78, 5) is 20.8. The van der Waals surface area contributed by atoms with Crippen LogP contribution in [0.15, 0.2) is 31.0 Å². The van der Waals surface area contributed by atoms with Crippen molar-refractivity contribution in [3.05, 3.63) is 36.5 Å². The maximum absolute atomic E-state index is 12.4. The van der Waals surface area contributed by atoms with Crippen LogP contribution in [-0.2, 0) is 17.9 Å². The van der Waals surface area contributed by atoms with Gasteiger partial charge in [-0.25, -0.2) is 4.98 Å². The predicted molar refractivity (Wildman–Crippen MR) is 89.8 cm³/mol. The number of hydrogen-bond donors (Lipinski definition) is 1. The largest absolute Gasteiger partial charge is 0.383 e. The minimum atomic E-state index is 0.187. The van der Waals surface area contributed by atoms with Crippen molar-refractivity contribution in [3.8, 4) is 0 Å². The number of nitrogens with two attached hydrogens (primary N) is 1. The molecular weight excluding hydrogens is 306 g/mol. The van der Waals surface area contributed by atoms with Crippen LogP contribution >= 0.6 is 0 Å². The maximum atomic E-state index is 12.4. The van der Waals surface area contributed by atoms with E-state index in [0.29, 0.717) is 18.8 Å². The van der Waals surface area contributed by atoms with E-state index < -0.39 is 0 Å². The number of rotatable bonds is 5. The maximum Gasteiger partial charge on any atom is 0.224 e. The van der Waals surface area contributed by atoms with Gasteiger partial charge in [-0.3, -0.25) is 9.69 Å². The fourth-order valence-electron chi connectivity index (χ4n) is 2.92. The number of carbonyl (C=O) groups excluding carboxylic acids is 1. The molecule has 0 bridgehead atoms. The van der Waals surface area contributed by atoms with Gasteiger partial charge in [-0.05, 0) is 12.5 Å². The first-order valence-corrected chi connectivity index (χ1v) is 8.24. The molecule has 3 rings (SSSR count). The Balaban J connectivity index is 1.49. The second kappa shape index (κ2) is 7.87. The molecule has 3 heterocycles. The molecular formula is C16H23N7O. The van der Waals surface area contributed by atoms with Crippen molar-refractivity contribution in [1.82, 2.24) is 29.5 Å². The van der Waals surface area contributed by atoms with Gasteiger partial charge in [0.05, 0.1) is 0 Å². The zero-order valence-electron chi connectivity index (χ0n) is 13.7. The van der Waals surface area contributed by atoms with Gasteiger partial charge in [0.25, 0.3) is 0 Å². The molecule has 1 amide bonds. The molecule has 1 aliphatic rings. The summed E-state index contributed by atoms with van der Waals surface area (Å²) in [5, 5.41) is 7.50. The van der Waals surface area contributed by atoms with Crippen LogP contribution < -0.4 is 5.73 Å². The fourth-order valence-corrected chi connectivity index (χ4v) is 2.92. The molecule has 0 spiro atoms. The van der Waals surface area contributed by atoms with Gasteiger partial charge in [-0.15, -0.1) is 10.2 Å². The normalized spacial score (nSPS) is 16.1. The predicted octanol–water partition coefficient (Wildman–Crippen LogP) is 0.380. The Morgan fingerprint density at radius 3 is 2.79 bits per heavy atom. The number of amides is 1. The zero-order valence-corrected chi connectivity index (χ0v) is 13.7. The van der Waals surface area contributed by atoms with Gasteiger partial charge in [0, 0.05) is 57.4 Å². The van der Waals surface area contributed by atoms with E-state index in [2.05, 4.69) is 20.1 Å². The topological polar surface area (TPSA) is 93.2 Å². The number of pyridine rings is 1. The average molecular weight is 329 g/mol. The Kier molecular flexibility index (Phi) is 5.37. The summed E-state index contributed by atoms with van der Waals surface area (Å²) in [6.07, 6.45) is 6.43. The molecule has 24 heavy (non-hydrogen) atoms. The quantitative estimate of drug-likeness (QED) is 0.852. The number of nitrogens with zero attached hydrogens (tertiary/aromatic N) is 6. The van der Waals surface area contributed by atoms with Crippen molar-refractivity contribution in [2.24, 2.45) is 0 Å². The Morgan fingerprint density at radius 1 is 1.17 bits per heavy atom. The SMILES string of the molecule is Nc1ncccc1CN1CCCN(C(=O)CCn2cnnc2)CC1. The molecule has 1 aliphatic heterocycles. The number of carbonyl (C=O) groups is 1. The summed E-state index contributed by atoms with van der Waals surface area (Å²) in [5.41, 5.74) is 6.97. The van der Waals surface area contributed by atoms with E-state index >= 15 is 0 Å². The second-order valence-electron chi connectivity index (χ2n) is 6.01. The van der Waals surface area contributed by atoms with Crippen LogP contribution in [0.3, 0.4) is 0 Å². The van der Waals surface area contributed by atoms with E-state index in [-0.39, 0.29) is 5.91 Å². The van der Waals surface area contributed by atoms with E-state index in [1.165, 1.54) is 0 Å². The number of hydrogen-bond acceptors (Lipinski definition) is 6. The number of aromatic nitrogens is 4. The van der Waals surface area contributed by atoms with Crippen molar-refractivity contribution >= 4 is 11.7 Å². The van der Waals surface area contributed by atoms with Crippen molar-refractivity contribution in [2.75, 3.05) is 31.9 Å². The van der Waals surface area contributed by atoms with Crippen molar-refractivity contribution in [2.45, 2.75) is 25.9 Å². The Hall–Kier alpha value is -2.48. The first kappa shape index (κ1) is 16.4. The highest BCUT2D eigenvalue weighted by Crippen LogP contribution is 2.13. The van der Waals surface area contributed by atoms with Crippen molar-refractivity contribution in [3.63, 3.8) is 0 Å². The smallest absolute Gasteiger partial charge is 0.224 e. The minimum absolute atomic E-state index is 0.187. The van der Waals surface area contributed by atoms with Crippen LogP contribution in [0.1, 0.15) is 18.4 Å². The first-order chi connectivity index (χ1) is 11.7. The average Bonchev–Trinajstić information content (AvgIpc) is 3.00.